The molecule has 2 heterocycles. The lowest BCUT2D eigenvalue weighted by Crippen LogP contribution is -2.08. The average molecular weight is 297 g/mol. The van der Waals surface area contributed by atoms with Crippen LogP contribution >= 0.6 is 0 Å². The van der Waals surface area contributed by atoms with E-state index >= 15 is 0 Å². The lowest BCUT2D eigenvalue weighted by atomic mass is 10.2. The molecule has 0 saturated carbocycles. The smallest absolute Gasteiger partial charge is 0.249 e. The molecule has 0 radical (unpaired) electrons. The van der Waals surface area contributed by atoms with Gasteiger partial charge in [0, 0.05) is 11.8 Å². The van der Waals surface area contributed by atoms with Crippen LogP contribution in [0.4, 0.5) is 5.82 Å². The summed E-state index contributed by atoms with van der Waals surface area (Å²) in [4.78, 5) is 12.4. The summed E-state index contributed by atoms with van der Waals surface area (Å²) in [5.74, 6) is 2.51. The van der Waals surface area contributed by atoms with Crippen molar-refractivity contribution in [3.8, 4) is 17.1 Å². The SMILES string of the molecule is COc1ccc(-c2noc(C(C)Nc3ccncn3)n2)cc1. The molecule has 0 aliphatic rings. The zero-order valence-electron chi connectivity index (χ0n) is 12.2. The number of nitrogens with zero attached hydrogens (tertiary/aromatic N) is 4. The van der Waals surface area contributed by atoms with Gasteiger partial charge < -0.3 is 14.6 Å². The van der Waals surface area contributed by atoms with Crippen molar-refractivity contribution in [2.24, 2.45) is 0 Å². The van der Waals surface area contributed by atoms with E-state index in [1.54, 1.807) is 19.4 Å². The number of methoxy groups -OCH3 is 1. The number of nitrogens with one attached hydrogen (secondary N) is 1. The first-order chi connectivity index (χ1) is 10.8. The van der Waals surface area contributed by atoms with Gasteiger partial charge in [-0.2, -0.15) is 4.98 Å². The number of aromatic nitrogens is 4. The molecule has 3 rings (SSSR count). The monoisotopic (exact) mass is 297 g/mol. The van der Waals surface area contributed by atoms with E-state index in [4.69, 9.17) is 9.26 Å². The quantitative estimate of drug-likeness (QED) is 0.774. The molecule has 112 valence electrons. The van der Waals surface area contributed by atoms with Gasteiger partial charge in [0.25, 0.3) is 0 Å². The summed E-state index contributed by atoms with van der Waals surface area (Å²) in [7, 11) is 1.63. The van der Waals surface area contributed by atoms with Crippen molar-refractivity contribution in [1.29, 1.82) is 0 Å². The van der Waals surface area contributed by atoms with Gasteiger partial charge in [-0.1, -0.05) is 5.16 Å². The van der Waals surface area contributed by atoms with E-state index in [9.17, 15) is 0 Å². The molecule has 1 unspecified atom stereocenters. The number of hydrogen-bond donors (Lipinski definition) is 1. The van der Waals surface area contributed by atoms with Crippen molar-refractivity contribution in [3.05, 3.63) is 48.7 Å². The van der Waals surface area contributed by atoms with E-state index in [2.05, 4.69) is 25.4 Å². The van der Waals surface area contributed by atoms with Crippen molar-refractivity contribution in [2.75, 3.05) is 12.4 Å². The Balaban J connectivity index is 1.75. The highest BCUT2D eigenvalue weighted by Gasteiger charge is 2.15. The van der Waals surface area contributed by atoms with Crippen LogP contribution in [0.2, 0.25) is 0 Å². The topological polar surface area (TPSA) is 86.0 Å². The molecule has 1 aromatic carbocycles. The first kappa shape index (κ1) is 14.0. The molecule has 22 heavy (non-hydrogen) atoms. The van der Waals surface area contributed by atoms with Gasteiger partial charge in [-0.15, -0.1) is 0 Å². The molecule has 7 nitrogen and oxygen atoms in total. The van der Waals surface area contributed by atoms with E-state index in [-0.39, 0.29) is 6.04 Å². The van der Waals surface area contributed by atoms with Crippen LogP contribution in [-0.4, -0.2) is 27.2 Å². The molecular weight excluding hydrogens is 282 g/mol. The molecule has 0 spiro atoms. The van der Waals surface area contributed by atoms with Gasteiger partial charge in [0.1, 0.15) is 23.9 Å². The third kappa shape index (κ3) is 3.03. The lowest BCUT2D eigenvalue weighted by Gasteiger charge is -2.09. The van der Waals surface area contributed by atoms with Crippen LogP contribution in [0.25, 0.3) is 11.4 Å². The fourth-order valence-electron chi connectivity index (χ4n) is 1.93. The minimum atomic E-state index is -0.158. The number of ether oxygens (including phenoxy) is 1. The molecule has 0 saturated heterocycles. The van der Waals surface area contributed by atoms with Gasteiger partial charge >= 0.3 is 0 Å². The molecule has 0 amide bonds. The lowest BCUT2D eigenvalue weighted by molar-refractivity contribution is 0.367. The predicted molar refractivity (Wildman–Crippen MR) is 80.4 cm³/mol. The molecule has 0 fully saturated rings. The van der Waals surface area contributed by atoms with Crippen LogP contribution in [0.1, 0.15) is 18.9 Å². The largest absolute Gasteiger partial charge is 0.497 e. The molecule has 0 bridgehead atoms. The zero-order chi connectivity index (χ0) is 15.4. The Morgan fingerprint density at radius 3 is 2.68 bits per heavy atom. The van der Waals surface area contributed by atoms with Crippen LogP contribution in [0.5, 0.6) is 5.75 Å². The van der Waals surface area contributed by atoms with Gasteiger partial charge in [0.2, 0.25) is 11.7 Å². The molecule has 0 aliphatic carbocycles. The molecular formula is C15H15N5O2. The summed E-state index contributed by atoms with van der Waals surface area (Å²) in [6.07, 6.45) is 3.14. The van der Waals surface area contributed by atoms with Crippen LogP contribution in [-0.2, 0) is 0 Å². The highest BCUT2D eigenvalue weighted by molar-refractivity contribution is 5.55. The maximum atomic E-state index is 5.31. The van der Waals surface area contributed by atoms with Crippen LogP contribution in [0.15, 0.2) is 47.4 Å². The summed E-state index contributed by atoms with van der Waals surface area (Å²) >= 11 is 0. The summed E-state index contributed by atoms with van der Waals surface area (Å²) < 4.78 is 10.4. The maximum Gasteiger partial charge on any atom is 0.249 e. The normalized spacial score (nSPS) is 11.9. The van der Waals surface area contributed by atoms with E-state index in [1.165, 1.54) is 6.33 Å². The van der Waals surface area contributed by atoms with Gasteiger partial charge in [-0.25, -0.2) is 9.97 Å². The molecule has 7 heteroatoms. The minimum Gasteiger partial charge on any atom is -0.497 e. The first-order valence-corrected chi connectivity index (χ1v) is 6.77. The van der Waals surface area contributed by atoms with Crippen LogP contribution in [0, 0.1) is 0 Å². The second-order valence-corrected chi connectivity index (χ2v) is 4.65. The van der Waals surface area contributed by atoms with E-state index in [0.29, 0.717) is 17.5 Å². The number of rotatable bonds is 5. The molecule has 1 N–H and O–H groups in total. The Hall–Kier alpha value is -2.96. The van der Waals surface area contributed by atoms with Crippen LogP contribution < -0.4 is 10.1 Å². The molecule has 0 aliphatic heterocycles. The highest BCUT2D eigenvalue weighted by atomic mass is 16.5. The molecule has 1 atom stereocenters. The van der Waals surface area contributed by atoms with Crippen molar-refractivity contribution >= 4 is 5.82 Å². The fourth-order valence-corrected chi connectivity index (χ4v) is 1.93. The highest BCUT2D eigenvalue weighted by Crippen LogP contribution is 2.22. The van der Waals surface area contributed by atoms with Gasteiger partial charge in [0.05, 0.1) is 7.11 Å². The van der Waals surface area contributed by atoms with Crippen molar-refractivity contribution in [3.63, 3.8) is 0 Å². The average Bonchev–Trinajstić information content (AvgIpc) is 3.06. The summed E-state index contributed by atoms with van der Waals surface area (Å²) in [6.45, 7) is 1.92. The Labute approximate surface area is 127 Å². The van der Waals surface area contributed by atoms with Gasteiger partial charge in [-0.3, -0.25) is 0 Å². The number of benzene rings is 1. The molecule has 3 aromatic rings. The van der Waals surface area contributed by atoms with Crippen LogP contribution in [0.3, 0.4) is 0 Å². The Bertz CT molecular complexity index is 727. The summed E-state index contributed by atoms with van der Waals surface area (Å²) in [5, 5.41) is 7.18. The van der Waals surface area contributed by atoms with Gasteiger partial charge in [0.15, 0.2) is 0 Å². The summed E-state index contributed by atoms with van der Waals surface area (Å²) in [5.41, 5.74) is 0.866. The first-order valence-electron chi connectivity index (χ1n) is 6.77. The van der Waals surface area contributed by atoms with E-state index in [1.807, 2.05) is 31.2 Å². The van der Waals surface area contributed by atoms with E-state index in [0.717, 1.165) is 11.3 Å². The second kappa shape index (κ2) is 6.21. The second-order valence-electron chi connectivity index (χ2n) is 4.65. The summed E-state index contributed by atoms with van der Waals surface area (Å²) in [6, 6.07) is 9.10. The minimum absolute atomic E-state index is 0.158. The van der Waals surface area contributed by atoms with Crippen molar-refractivity contribution in [2.45, 2.75) is 13.0 Å². The maximum absolute atomic E-state index is 5.31. The third-order valence-electron chi connectivity index (χ3n) is 3.11. The fraction of sp³-hybridized carbons (Fsp3) is 0.200. The Kier molecular flexibility index (Phi) is 3.95. The predicted octanol–water partition coefficient (Wildman–Crippen LogP) is 2.71. The number of anilines is 1. The standard InChI is InChI=1S/C15H15N5O2/c1-10(18-13-7-8-16-9-17-13)15-19-14(20-22-15)11-3-5-12(21-2)6-4-11/h3-10H,1-2H3,(H,16,17,18). The molecule has 2 aromatic heterocycles. The Morgan fingerprint density at radius 1 is 1.18 bits per heavy atom. The zero-order valence-corrected chi connectivity index (χ0v) is 12.2. The number of hydrogen-bond acceptors (Lipinski definition) is 7. The van der Waals surface area contributed by atoms with E-state index < -0.39 is 0 Å². The third-order valence-corrected chi connectivity index (χ3v) is 3.11. The van der Waals surface area contributed by atoms with Gasteiger partial charge in [-0.05, 0) is 37.3 Å². The Morgan fingerprint density at radius 2 is 2.00 bits per heavy atom. The van der Waals surface area contributed by atoms with Crippen molar-refractivity contribution < 1.29 is 9.26 Å². The van der Waals surface area contributed by atoms with Crippen molar-refractivity contribution in [1.82, 2.24) is 20.1 Å².